The van der Waals surface area contributed by atoms with Crippen LogP contribution in [-0.4, -0.2) is 43.0 Å². The van der Waals surface area contributed by atoms with Gasteiger partial charge in [-0.2, -0.15) is 0 Å². The standard InChI is InChI=1S/C14H18N2O3/c1-3-15(4-2)13(17)9-16-10-14(18)19-12-8-6-5-7-11(12)16/h5-8H,3-4,9-10H2,1-2H3. The normalized spacial score (nSPS) is 13.8. The highest BCUT2D eigenvalue weighted by Crippen LogP contribution is 2.31. The molecule has 1 aliphatic heterocycles. The summed E-state index contributed by atoms with van der Waals surface area (Å²) in [5.41, 5.74) is 0.794. The summed E-state index contributed by atoms with van der Waals surface area (Å²) in [7, 11) is 0. The SMILES string of the molecule is CCN(CC)C(=O)CN1CC(=O)Oc2ccccc21. The smallest absolute Gasteiger partial charge is 0.331 e. The van der Waals surface area contributed by atoms with E-state index in [-0.39, 0.29) is 25.0 Å². The minimum absolute atomic E-state index is 0.0227. The predicted octanol–water partition coefficient (Wildman–Crippen LogP) is 1.28. The Balaban J connectivity index is 2.17. The second kappa shape index (κ2) is 5.73. The van der Waals surface area contributed by atoms with Gasteiger partial charge in [0.05, 0.1) is 12.2 Å². The van der Waals surface area contributed by atoms with Crippen LogP contribution in [0.3, 0.4) is 0 Å². The van der Waals surface area contributed by atoms with Gasteiger partial charge in [0.25, 0.3) is 0 Å². The lowest BCUT2D eigenvalue weighted by Crippen LogP contribution is -2.44. The van der Waals surface area contributed by atoms with Crippen molar-refractivity contribution in [3.8, 4) is 5.75 Å². The number of anilines is 1. The van der Waals surface area contributed by atoms with E-state index in [1.165, 1.54) is 0 Å². The van der Waals surface area contributed by atoms with Crippen molar-refractivity contribution in [2.24, 2.45) is 0 Å². The molecule has 0 radical (unpaired) electrons. The summed E-state index contributed by atoms with van der Waals surface area (Å²) < 4.78 is 5.15. The number of benzene rings is 1. The van der Waals surface area contributed by atoms with Crippen molar-refractivity contribution < 1.29 is 14.3 Å². The van der Waals surface area contributed by atoms with Crippen molar-refractivity contribution in [1.82, 2.24) is 4.90 Å². The van der Waals surface area contributed by atoms with Crippen LogP contribution in [0, 0.1) is 0 Å². The van der Waals surface area contributed by atoms with E-state index in [9.17, 15) is 9.59 Å². The monoisotopic (exact) mass is 262 g/mol. The maximum absolute atomic E-state index is 12.1. The molecule has 102 valence electrons. The molecular formula is C14H18N2O3. The van der Waals surface area contributed by atoms with Crippen molar-refractivity contribution in [3.05, 3.63) is 24.3 Å². The number of fused-ring (bicyclic) bond motifs is 1. The molecule has 1 aromatic carbocycles. The van der Waals surface area contributed by atoms with E-state index >= 15 is 0 Å². The van der Waals surface area contributed by atoms with E-state index in [2.05, 4.69) is 0 Å². The van der Waals surface area contributed by atoms with Crippen molar-refractivity contribution in [3.63, 3.8) is 0 Å². The third kappa shape index (κ3) is 2.86. The highest BCUT2D eigenvalue weighted by molar-refractivity contribution is 5.89. The Hall–Kier alpha value is -2.04. The summed E-state index contributed by atoms with van der Waals surface area (Å²) in [6.45, 7) is 5.56. The molecule has 0 unspecified atom stereocenters. The molecule has 5 nitrogen and oxygen atoms in total. The van der Waals surface area contributed by atoms with Gasteiger partial charge in [0, 0.05) is 13.1 Å². The van der Waals surface area contributed by atoms with Gasteiger partial charge in [0.2, 0.25) is 5.91 Å². The van der Waals surface area contributed by atoms with Crippen LogP contribution >= 0.6 is 0 Å². The number of hydrogen-bond donors (Lipinski definition) is 0. The summed E-state index contributed by atoms with van der Waals surface area (Å²) >= 11 is 0. The first kappa shape index (κ1) is 13.4. The minimum Gasteiger partial charge on any atom is -0.423 e. The molecule has 1 heterocycles. The molecule has 1 aromatic rings. The number of amides is 1. The molecule has 1 amide bonds. The summed E-state index contributed by atoms with van der Waals surface area (Å²) in [5.74, 6) is 0.214. The predicted molar refractivity (Wildman–Crippen MR) is 72.2 cm³/mol. The fourth-order valence-corrected chi connectivity index (χ4v) is 2.18. The van der Waals surface area contributed by atoms with Gasteiger partial charge in [-0.3, -0.25) is 4.79 Å². The quantitative estimate of drug-likeness (QED) is 0.606. The average Bonchev–Trinajstić information content (AvgIpc) is 2.40. The van der Waals surface area contributed by atoms with Gasteiger partial charge in [0.1, 0.15) is 6.54 Å². The Labute approximate surface area is 112 Å². The molecule has 0 fully saturated rings. The number of likely N-dealkylation sites (N-methyl/N-ethyl adjacent to an activating group) is 1. The van der Waals surface area contributed by atoms with E-state index in [1.807, 2.05) is 32.0 Å². The molecule has 19 heavy (non-hydrogen) atoms. The van der Waals surface area contributed by atoms with Gasteiger partial charge in [0.15, 0.2) is 5.75 Å². The zero-order chi connectivity index (χ0) is 13.8. The highest BCUT2D eigenvalue weighted by Gasteiger charge is 2.26. The second-order valence-corrected chi connectivity index (χ2v) is 4.36. The third-order valence-electron chi connectivity index (χ3n) is 3.19. The topological polar surface area (TPSA) is 49.9 Å². The van der Waals surface area contributed by atoms with E-state index in [0.717, 1.165) is 5.69 Å². The van der Waals surface area contributed by atoms with Gasteiger partial charge in [-0.05, 0) is 26.0 Å². The number of carbonyl (C=O) groups is 2. The maximum Gasteiger partial charge on any atom is 0.331 e. The van der Waals surface area contributed by atoms with Crippen LogP contribution in [0.2, 0.25) is 0 Å². The minimum atomic E-state index is -0.328. The molecule has 0 aromatic heterocycles. The molecule has 2 rings (SSSR count). The molecule has 5 heteroatoms. The zero-order valence-corrected chi connectivity index (χ0v) is 11.3. The Bertz CT molecular complexity index is 483. The average molecular weight is 262 g/mol. The fourth-order valence-electron chi connectivity index (χ4n) is 2.18. The lowest BCUT2D eigenvalue weighted by molar-refractivity contribution is -0.133. The van der Waals surface area contributed by atoms with Crippen LogP contribution in [-0.2, 0) is 9.59 Å². The number of nitrogens with zero attached hydrogens (tertiary/aromatic N) is 2. The number of esters is 1. The number of hydrogen-bond acceptors (Lipinski definition) is 4. The molecule has 0 spiro atoms. The van der Waals surface area contributed by atoms with E-state index in [1.54, 1.807) is 15.9 Å². The highest BCUT2D eigenvalue weighted by atomic mass is 16.5. The Morgan fingerprint density at radius 3 is 2.68 bits per heavy atom. The van der Waals surface area contributed by atoms with Crippen molar-refractivity contribution in [2.45, 2.75) is 13.8 Å². The Morgan fingerprint density at radius 2 is 2.00 bits per heavy atom. The molecule has 0 saturated heterocycles. The second-order valence-electron chi connectivity index (χ2n) is 4.36. The summed E-state index contributed by atoms with van der Waals surface area (Å²) in [4.78, 5) is 27.2. The van der Waals surface area contributed by atoms with Crippen LogP contribution in [0.1, 0.15) is 13.8 Å². The zero-order valence-electron chi connectivity index (χ0n) is 11.3. The molecule has 0 saturated carbocycles. The lowest BCUT2D eigenvalue weighted by Gasteiger charge is -2.31. The lowest BCUT2D eigenvalue weighted by atomic mass is 10.2. The van der Waals surface area contributed by atoms with Gasteiger partial charge >= 0.3 is 5.97 Å². The van der Waals surface area contributed by atoms with Crippen LogP contribution in [0.5, 0.6) is 5.75 Å². The first-order chi connectivity index (χ1) is 9.15. The van der Waals surface area contributed by atoms with Gasteiger partial charge in [-0.25, -0.2) is 4.79 Å². The molecule has 0 bridgehead atoms. The van der Waals surface area contributed by atoms with Crippen molar-refractivity contribution >= 4 is 17.6 Å². The van der Waals surface area contributed by atoms with Gasteiger partial charge in [-0.15, -0.1) is 0 Å². The van der Waals surface area contributed by atoms with E-state index in [4.69, 9.17) is 4.74 Å². The maximum atomic E-state index is 12.1. The summed E-state index contributed by atoms with van der Waals surface area (Å²) in [6, 6.07) is 7.27. The van der Waals surface area contributed by atoms with Gasteiger partial charge < -0.3 is 14.5 Å². The fraction of sp³-hybridized carbons (Fsp3) is 0.429. The van der Waals surface area contributed by atoms with E-state index in [0.29, 0.717) is 18.8 Å². The van der Waals surface area contributed by atoms with Crippen LogP contribution in [0.15, 0.2) is 24.3 Å². The van der Waals surface area contributed by atoms with Crippen LogP contribution < -0.4 is 9.64 Å². The molecule has 1 aliphatic rings. The summed E-state index contributed by atoms with van der Waals surface area (Å²) in [5, 5.41) is 0. The Morgan fingerprint density at radius 1 is 1.32 bits per heavy atom. The Kier molecular flexibility index (Phi) is 4.04. The summed E-state index contributed by atoms with van der Waals surface area (Å²) in [6.07, 6.45) is 0. The largest absolute Gasteiger partial charge is 0.423 e. The first-order valence-electron chi connectivity index (χ1n) is 6.48. The van der Waals surface area contributed by atoms with Gasteiger partial charge in [-0.1, -0.05) is 12.1 Å². The molecule has 0 atom stereocenters. The number of carbonyl (C=O) groups excluding carboxylic acids is 2. The van der Waals surface area contributed by atoms with Crippen LogP contribution in [0.25, 0.3) is 0 Å². The van der Waals surface area contributed by atoms with Crippen molar-refractivity contribution in [2.75, 3.05) is 31.1 Å². The van der Waals surface area contributed by atoms with Crippen molar-refractivity contribution in [1.29, 1.82) is 0 Å². The molecular weight excluding hydrogens is 244 g/mol. The number of para-hydroxylation sites is 2. The van der Waals surface area contributed by atoms with Crippen LogP contribution in [0.4, 0.5) is 5.69 Å². The number of rotatable bonds is 4. The molecule has 0 aliphatic carbocycles. The first-order valence-corrected chi connectivity index (χ1v) is 6.48. The molecule has 0 N–H and O–H groups in total. The number of ether oxygens (including phenoxy) is 1. The third-order valence-corrected chi connectivity index (χ3v) is 3.19. The van der Waals surface area contributed by atoms with E-state index < -0.39 is 0 Å².